The van der Waals surface area contributed by atoms with Crippen molar-refractivity contribution in [3.63, 3.8) is 0 Å². The van der Waals surface area contributed by atoms with Gasteiger partial charge in [-0.05, 0) is 64.4 Å². The average Bonchev–Trinajstić information content (AvgIpc) is 3.50. The third-order valence-corrected chi connectivity index (χ3v) is 8.00. The number of amides is 1. The Morgan fingerprint density at radius 3 is 2.41 bits per heavy atom. The molecule has 2 aromatic rings. The van der Waals surface area contributed by atoms with Crippen LogP contribution in [0.25, 0.3) is 0 Å². The van der Waals surface area contributed by atoms with Gasteiger partial charge in [0.15, 0.2) is 5.69 Å². The van der Waals surface area contributed by atoms with Crippen molar-refractivity contribution < 1.29 is 13.2 Å². The summed E-state index contributed by atoms with van der Waals surface area (Å²) in [5, 5.41) is 7.41. The summed E-state index contributed by atoms with van der Waals surface area (Å²) >= 11 is 0. The summed E-state index contributed by atoms with van der Waals surface area (Å²) in [6.45, 7) is 11.6. The van der Waals surface area contributed by atoms with Crippen molar-refractivity contribution in [2.45, 2.75) is 56.9 Å². The monoisotopic (exact) mass is 459 g/mol. The van der Waals surface area contributed by atoms with Gasteiger partial charge in [-0.15, -0.1) is 0 Å². The quantitative estimate of drug-likeness (QED) is 0.717. The first-order valence-corrected chi connectivity index (χ1v) is 12.8. The zero-order valence-electron chi connectivity index (χ0n) is 19.3. The van der Waals surface area contributed by atoms with Crippen LogP contribution in [0.5, 0.6) is 0 Å². The Hall–Kier alpha value is -2.23. The number of piperazine rings is 1. The second kappa shape index (κ2) is 8.61. The lowest BCUT2D eigenvalue weighted by Gasteiger charge is -2.33. The molecule has 0 radical (unpaired) electrons. The highest BCUT2D eigenvalue weighted by Gasteiger charge is 2.33. The number of rotatable bonds is 6. The van der Waals surface area contributed by atoms with E-state index in [0.717, 1.165) is 38.2 Å². The van der Waals surface area contributed by atoms with E-state index >= 15 is 0 Å². The lowest BCUT2D eigenvalue weighted by atomic mass is 10.1. The highest BCUT2D eigenvalue weighted by molar-refractivity contribution is 7.89. The van der Waals surface area contributed by atoms with Crippen LogP contribution in [0.1, 0.15) is 62.6 Å². The molecule has 0 unspecified atom stereocenters. The van der Waals surface area contributed by atoms with Crippen LogP contribution in [0.15, 0.2) is 35.2 Å². The first kappa shape index (κ1) is 22.9. The molecule has 0 atom stereocenters. The number of aromatic nitrogens is 2. The summed E-state index contributed by atoms with van der Waals surface area (Å²) in [7, 11) is -3.61. The molecule has 1 aromatic heterocycles. The number of hydrogen-bond acceptors (Lipinski definition) is 5. The van der Waals surface area contributed by atoms with Crippen LogP contribution in [0.4, 0.5) is 5.69 Å². The third-order valence-electron chi connectivity index (χ3n) is 6.11. The molecule has 1 aliphatic carbocycles. The van der Waals surface area contributed by atoms with Crippen LogP contribution in [-0.4, -0.2) is 66.0 Å². The summed E-state index contributed by atoms with van der Waals surface area (Å²) in [6.07, 6.45) is 2.24. The smallest absolute Gasteiger partial charge is 0.276 e. The van der Waals surface area contributed by atoms with Gasteiger partial charge in [0.05, 0.1) is 10.4 Å². The van der Waals surface area contributed by atoms with Crippen LogP contribution >= 0.6 is 0 Å². The maximum Gasteiger partial charge on any atom is 0.276 e. The molecule has 0 bridgehead atoms. The van der Waals surface area contributed by atoms with Gasteiger partial charge in [-0.2, -0.15) is 9.40 Å². The van der Waals surface area contributed by atoms with Crippen LogP contribution < -0.4 is 5.32 Å². The van der Waals surface area contributed by atoms with Gasteiger partial charge in [0.1, 0.15) is 0 Å². The molecule has 1 N–H and O–H groups in total. The minimum Gasteiger partial charge on any atom is -0.321 e. The Morgan fingerprint density at radius 2 is 1.81 bits per heavy atom. The van der Waals surface area contributed by atoms with Crippen molar-refractivity contribution in [3.05, 3.63) is 41.7 Å². The first-order valence-electron chi connectivity index (χ1n) is 11.3. The fraction of sp³-hybridized carbons (Fsp3) is 0.565. The summed E-state index contributed by atoms with van der Waals surface area (Å²) in [5.74, 6) is 0.130. The van der Waals surface area contributed by atoms with Gasteiger partial charge < -0.3 is 10.2 Å². The molecule has 1 saturated heterocycles. The Kier molecular flexibility index (Phi) is 6.17. The fourth-order valence-electron chi connectivity index (χ4n) is 4.08. The van der Waals surface area contributed by atoms with E-state index < -0.39 is 10.0 Å². The second-order valence-electron chi connectivity index (χ2n) is 9.63. The fourth-order valence-corrected chi connectivity index (χ4v) is 5.55. The average molecular weight is 460 g/mol. The number of carbonyl (C=O) groups excluding carboxylic acids is 1. The molecule has 1 amide bonds. The summed E-state index contributed by atoms with van der Waals surface area (Å²) < 4.78 is 29.7. The minimum atomic E-state index is -3.61. The summed E-state index contributed by atoms with van der Waals surface area (Å²) in [5.41, 5.74) is 1.67. The SMILES string of the molecule is CCN1CCN(S(=O)(=O)c2cccc(NC(=O)c3cc(C4CC4)n(C(C)(C)C)n3)c2)CC1. The number of likely N-dealkylation sites (N-methyl/N-ethyl adjacent to an activating group) is 1. The van der Waals surface area contributed by atoms with Gasteiger partial charge in [-0.1, -0.05) is 13.0 Å². The second-order valence-corrected chi connectivity index (χ2v) is 11.6. The zero-order chi connectivity index (χ0) is 23.1. The highest BCUT2D eigenvalue weighted by Crippen LogP contribution is 2.41. The van der Waals surface area contributed by atoms with Crippen LogP contribution in [0.2, 0.25) is 0 Å². The van der Waals surface area contributed by atoms with Gasteiger partial charge in [0.25, 0.3) is 5.91 Å². The number of hydrogen-bond donors (Lipinski definition) is 1. The topological polar surface area (TPSA) is 87.5 Å². The van der Waals surface area contributed by atoms with Gasteiger partial charge in [-0.25, -0.2) is 8.42 Å². The molecule has 2 aliphatic rings. The number of benzene rings is 1. The maximum atomic E-state index is 13.1. The normalized spacial score (nSPS) is 18.6. The number of nitrogens with one attached hydrogen (secondary N) is 1. The van der Waals surface area contributed by atoms with E-state index in [4.69, 9.17) is 0 Å². The van der Waals surface area contributed by atoms with E-state index in [1.54, 1.807) is 18.2 Å². The van der Waals surface area contributed by atoms with Gasteiger partial charge >= 0.3 is 0 Å². The third kappa shape index (κ3) is 4.74. The summed E-state index contributed by atoms with van der Waals surface area (Å²) in [4.78, 5) is 15.4. The molecular formula is C23H33N5O3S. The molecule has 174 valence electrons. The largest absolute Gasteiger partial charge is 0.321 e. The Morgan fingerprint density at radius 1 is 1.12 bits per heavy atom. The number of sulfonamides is 1. The molecule has 9 heteroatoms. The van der Waals surface area contributed by atoms with Crippen LogP contribution in [-0.2, 0) is 15.6 Å². The minimum absolute atomic E-state index is 0.194. The molecular weight excluding hydrogens is 426 g/mol. The van der Waals surface area contributed by atoms with Gasteiger partial charge in [0.2, 0.25) is 10.0 Å². The standard InChI is InChI=1S/C23H33N5O3S/c1-5-26-11-13-27(14-12-26)32(30,31)19-8-6-7-18(15-19)24-22(29)20-16-21(17-9-10-17)28(25-20)23(2,3)4/h6-8,15-17H,5,9-14H2,1-4H3,(H,24,29). The molecule has 1 aromatic carbocycles. The summed E-state index contributed by atoms with van der Waals surface area (Å²) in [6, 6.07) is 8.34. The maximum absolute atomic E-state index is 13.1. The van der Waals surface area contributed by atoms with Gasteiger partial charge in [-0.3, -0.25) is 9.48 Å². The number of anilines is 1. The predicted octanol–water partition coefficient (Wildman–Crippen LogP) is 3.09. The lowest BCUT2D eigenvalue weighted by molar-refractivity contribution is 0.102. The molecule has 0 spiro atoms. The molecule has 1 saturated carbocycles. The lowest BCUT2D eigenvalue weighted by Crippen LogP contribution is -2.48. The van der Waals surface area contributed by atoms with E-state index in [1.807, 2.05) is 10.7 Å². The molecule has 8 nitrogen and oxygen atoms in total. The van der Waals surface area contributed by atoms with Crippen molar-refractivity contribution >= 4 is 21.6 Å². The number of carbonyl (C=O) groups is 1. The van der Waals surface area contributed by atoms with Crippen LogP contribution in [0.3, 0.4) is 0 Å². The molecule has 4 rings (SSSR count). The Bertz CT molecular complexity index is 1090. The molecule has 2 heterocycles. The van der Waals surface area contributed by atoms with Crippen molar-refractivity contribution in [2.24, 2.45) is 0 Å². The van der Waals surface area contributed by atoms with E-state index in [1.165, 1.54) is 10.4 Å². The van der Waals surface area contributed by atoms with Gasteiger partial charge in [0, 0.05) is 43.5 Å². The number of nitrogens with zero attached hydrogens (tertiary/aromatic N) is 4. The predicted molar refractivity (Wildman–Crippen MR) is 124 cm³/mol. The molecule has 1 aliphatic heterocycles. The van der Waals surface area contributed by atoms with Crippen molar-refractivity contribution in [2.75, 3.05) is 38.0 Å². The highest BCUT2D eigenvalue weighted by atomic mass is 32.2. The Balaban J connectivity index is 1.51. The van der Waals surface area contributed by atoms with E-state index in [-0.39, 0.29) is 16.3 Å². The Labute approximate surface area is 190 Å². The van der Waals surface area contributed by atoms with E-state index in [9.17, 15) is 13.2 Å². The van der Waals surface area contributed by atoms with Crippen molar-refractivity contribution in [1.82, 2.24) is 19.0 Å². The van der Waals surface area contributed by atoms with Crippen molar-refractivity contribution in [1.29, 1.82) is 0 Å². The first-order chi connectivity index (χ1) is 15.1. The zero-order valence-corrected chi connectivity index (χ0v) is 20.2. The van der Waals surface area contributed by atoms with E-state index in [0.29, 0.717) is 30.4 Å². The molecule has 32 heavy (non-hydrogen) atoms. The van der Waals surface area contributed by atoms with Crippen molar-refractivity contribution in [3.8, 4) is 0 Å². The van der Waals surface area contributed by atoms with Crippen LogP contribution in [0, 0.1) is 0 Å². The molecule has 2 fully saturated rings. The van der Waals surface area contributed by atoms with E-state index in [2.05, 4.69) is 43.0 Å².